The Morgan fingerprint density at radius 1 is 1.20 bits per heavy atom. The Labute approximate surface area is 152 Å². The lowest BCUT2D eigenvalue weighted by Crippen LogP contribution is -2.48. The number of ether oxygens (including phenoxy) is 1. The molecular formula is C18H21ClN4O2. The second-order valence-electron chi connectivity index (χ2n) is 5.84. The highest BCUT2D eigenvalue weighted by Crippen LogP contribution is 2.28. The van der Waals surface area contributed by atoms with Crippen molar-refractivity contribution in [3.8, 4) is 5.75 Å². The van der Waals surface area contributed by atoms with Crippen molar-refractivity contribution in [2.75, 3.05) is 50.1 Å². The van der Waals surface area contributed by atoms with Crippen LogP contribution in [0, 0.1) is 0 Å². The number of piperazine rings is 1. The summed E-state index contributed by atoms with van der Waals surface area (Å²) in [5, 5.41) is 3.34. The minimum Gasteiger partial charge on any atom is -0.495 e. The lowest BCUT2D eigenvalue weighted by Gasteiger charge is -2.36. The summed E-state index contributed by atoms with van der Waals surface area (Å²) < 4.78 is 5.43. The van der Waals surface area contributed by atoms with Gasteiger partial charge in [-0.3, -0.25) is 9.69 Å². The van der Waals surface area contributed by atoms with Gasteiger partial charge in [-0.1, -0.05) is 23.7 Å². The van der Waals surface area contributed by atoms with Gasteiger partial charge in [0.15, 0.2) is 0 Å². The average Bonchev–Trinajstić information content (AvgIpc) is 2.64. The van der Waals surface area contributed by atoms with E-state index in [1.807, 2.05) is 18.2 Å². The molecule has 2 aromatic rings. The van der Waals surface area contributed by atoms with Crippen LogP contribution in [-0.4, -0.2) is 55.6 Å². The fourth-order valence-electron chi connectivity index (χ4n) is 2.87. The van der Waals surface area contributed by atoms with Crippen LogP contribution in [0.1, 0.15) is 0 Å². The number of aromatic nitrogens is 1. The molecule has 0 saturated carbocycles. The third-order valence-corrected chi connectivity index (χ3v) is 4.38. The zero-order valence-electron chi connectivity index (χ0n) is 14.1. The van der Waals surface area contributed by atoms with Crippen LogP contribution in [-0.2, 0) is 4.79 Å². The Bertz CT molecular complexity index is 715. The minimum atomic E-state index is -0.0689. The number of carbonyl (C=O) groups excluding carboxylic acids is 1. The molecule has 3 rings (SSSR count). The SMILES string of the molecule is COc1ccccc1N1CCN(CC(=O)Nc2ccc(Cl)cn2)CC1. The van der Waals surface area contributed by atoms with Gasteiger partial charge in [0.25, 0.3) is 0 Å². The van der Waals surface area contributed by atoms with Crippen LogP contribution in [0.2, 0.25) is 5.02 Å². The second kappa shape index (κ2) is 8.18. The fraction of sp³-hybridized carbons (Fsp3) is 0.333. The molecule has 1 aromatic heterocycles. The molecule has 0 spiro atoms. The summed E-state index contributed by atoms with van der Waals surface area (Å²) in [6.45, 7) is 3.70. The van der Waals surface area contributed by atoms with E-state index in [4.69, 9.17) is 16.3 Å². The van der Waals surface area contributed by atoms with Gasteiger partial charge in [0.2, 0.25) is 5.91 Å². The van der Waals surface area contributed by atoms with E-state index in [9.17, 15) is 4.79 Å². The molecule has 0 radical (unpaired) electrons. The number of anilines is 2. The van der Waals surface area contributed by atoms with Gasteiger partial charge in [-0.15, -0.1) is 0 Å². The van der Waals surface area contributed by atoms with E-state index < -0.39 is 0 Å². The van der Waals surface area contributed by atoms with Crippen LogP contribution in [0.25, 0.3) is 0 Å². The molecule has 132 valence electrons. The largest absolute Gasteiger partial charge is 0.495 e. The molecule has 1 saturated heterocycles. The van der Waals surface area contributed by atoms with Gasteiger partial charge in [-0.25, -0.2) is 4.98 Å². The molecule has 6 nitrogen and oxygen atoms in total. The highest BCUT2D eigenvalue weighted by Gasteiger charge is 2.21. The number of carbonyl (C=O) groups is 1. The number of nitrogens with zero attached hydrogens (tertiary/aromatic N) is 3. The number of hydrogen-bond donors (Lipinski definition) is 1. The van der Waals surface area contributed by atoms with E-state index in [1.54, 1.807) is 19.2 Å². The Morgan fingerprint density at radius 2 is 1.96 bits per heavy atom. The average molecular weight is 361 g/mol. The van der Waals surface area contributed by atoms with Gasteiger partial charge in [-0.05, 0) is 24.3 Å². The molecule has 1 aliphatic heterocycles. The monoisotopic (exact) mass is 360 g/mol. The molecule has 2 heterocycles. The third-order valence-electron chi connectivity index (χ3n) is 4.16. The van der Waals surface area contributed by atoms with Crippen molar-refractivity contribution in [1.29, 1.82) is 0 Å². The Morgan fingerprint density at radius 3 is 2.64 bits per heavy atom. The van der Waals surface area contributed by atoms with E-state index in [0.717, 1.165) is 37.6 Å². The maximum absolute atomic E-state index is 12.2. The van der Waals surface area contributed by atoms with Crippen LogP contribution in [0.5, 0.6) is 5.75 Å². The molecule has 0 unspecified atom stereocenters. The normalized spacial score (nSPS) is 15.0. The predicted octanol–water partition coefficient (Wildman–Crippen LogP) is 2.50. The number of rotatable bonds is 5. The topological polar surface area (TPSA) is 57.7 Å². The van der Waals surface area contributed by atoms with E-state index >= 15 is 0 Å². The molecule has 1 N–H and O–H groups in total. The van der Waals surface area contributed by atoms with Gasteiger partial charge in [0.1, 0.15) is 11.6 Å². The fourth-order valence-corrected chi connectivity index (χ4v) is 2.98. The number of benzene rings is 1. The third kappa shape index (κ3) is 4.61. The molecular weight excluding hydrogens is 340 g/mol. The van der Waals surface area contributed by atoms with Gasteiger partial charge >= 0.3 is 0 Å². The van der Waals surface area contributed by atoms with Crippen LogP contribution >= 0.6 is 11.6 Å². The summed E-state index contributed by atoms with van der Waals surface area (Å²) in [6.07, 6.45) is 1.52. The molecule has 1 aromatic carbocycles. The highest BCUT2D eigenvalue weighted by atomic mass is 35.5. The van der Waals surface area contributed by atoms with Gasteiger partial charge in [0, 0.05) is 32.4 Å². The molecule has 1 fully saturated rings. The van der Waals surface area contributed by atoms with Crippen LogP contribution in [0.15, 0.2) is 42.6 Å². The van der Waals surface area contributed by atoms with Crippen LogP contribution in [0.4, 0.5) is 11.5 Å². The van der Waals surface area contributed by atoms with Crippen molar-refractivity contribution in [1.82, 2.24) is 9.88 Å². The van der Waals surface area contributed by atoms with Gasteiger partial charge in [-0.2, -0.15) is 0 Å². The van der Waals surface area contributed by atoms with E-state index in [-0.39, 0.29) is 5.91 Å². The lowest BCUT2D eigenvalue weighted by atomic mass is 10.2. The zero-order chi connectivity index (χ0) is 17.6. The zero-order valence-corrected chi connectivity index (χ0v) is 14.9. The first kappa shape index (κ1) is 17.5. The number of pyridine rings is 1. The van der Waals surface area contributed by atoms with Crippen LogP contribution in [0.3, 0.4) is 0 Å². The molecule has 0 aliphatic carbocycles. The first-order valence-corrected chi connectivity index (χ1v) is 8.55. The van der Waals surface area contributed by atoms with Crippen molar-refractivity contribution in [2.45, 2.75) is 0 Å². The summed E-state index contributed by atoms with van der Waals surface area (Å²) in [4.78, 5) is 20.7. The second-order valence-corrected chi connectivity index (χ2v) is 6.28. The smallest absolute Gasteiger partial charge is 0.239 e. The maximum Gasteiger partial charge on any atom is 0.239 e. The standard InChI is InChI=1S/C18H21ClN4O2/c1-25-16-5-3-2-4-15(16)23-10-8-22(9-11-23)13-18(24)21-17-7-6-14(19)12-20-17/h2-7,12H,8-11,13H2,1H3,(H,20,21,24). The van der Waals surface area contributed by atoms with Crippen molar-refractivity contribution < 1.29 is 9.53 Å². The molecule has 1 aliphatic rings. The molecule has 7 heteroatoms. The first-order chi connectivity index (χ1) is 12.2. The minimum absolute atomic E-state index is 0.0689. The van der Waals surface area contributed by atoms with Crippen molar-refractivity contribution in [2.24, 2.45) is 0 Å². The number of methoxy groups -OCH3 is 1. The summed E-state index contributed by atoms with van der Waals surface area (Å²) in [5.41, 5.74) is 1.10. The van der Waals surface area contributed by atoms with E-state index in [1.165, 1.54) is 6.20 Å². The molecule has 0 bridgehead atoms. The molecule has 1 amide bonds. The van der Waals surface area contributed by atoms with Gasteiger partial charge < -0.3 is 15.0 Å². The van der Waals surface area contributed by atoms with Crippen molar-refractivity contribution in [3.63, 3.8) is 0 Å². The Hall–Kier alpha value is -2.31. The van der Waals surface area contributed by atoms with Crippen molar-refractivity contribution in [3.05, 3.63) is 47.6 Å². The Kier molecular flexibility index (Phi) is 5.73. The highest BCUT2D eigenvalue weighted by molar-refractivity contribution is 6.30. The van der Waals surface area contributed by atoms with E-state index in [2.05, 4.69) is 26.2 Å². The first-order valence-electron chi connectivity index (χ1n) is 8.17. The maximum atomic E-state index is 12.2. The predicted molar refractivity (Wildman–Crippen MR) is 99.5 cm³/mol. The number of hydrogen-bond acceptors (Lipinski definition) is 5. The molecule has 0 atom stereocenters. The van der Waals surface area contributed by atoms with Gasteiger partial charge in [0.05, 0.1) is 24.4 Å². The summed E-state index contributed by atoms with van der Waals surface area (Å²) in [7, 11) is 1.68. The number of halogens is 1. The van der Waals surface area contributed by atoms with Crippen LogP contribution < -0.4 is 15.0 Å². The lowest BCUT2D eigenvalue weighted by molar-refractivity contribution is -0.117. The van der Waals surface area contributed by atoms with Crippen molar-refractivity contribution >= 4 is 29.0 Å². The summed E-state index contributed by atoms with van der Waals surface area (Å²) in [6, 6.07) is 11.4. The Balaban J connectivity index is 1.50. The van der Waals surface area contributed by atoms with E-state index in [0.29, 0.717) is 17.4 Å². The quantitative estimate of drug-likeness (QED) is 0.887. The number of para-hydroxylation sites is 2. The summed E-state index contributed by atoms with van der Waals surface area (Å²) in [5.74, 6) is 1.32. The summed E-state index contributed by atoms with van der Waals surface area (Å²) >= 11 is 5.79. The number of amides is 1. The molecule has 25 heavy (non-hydrogen) atoms. The number of nitrogens with one attached hydrogen (secondary N) is 1.